The molecule has 0 aliphatic rings. The van der Waals surface area contributed by atoms with Crippen molar-refractivity contribution in [3.05, 3.63) is 56.0 Å². The summed E-state index contributed by atoms with van der Waals surface area (Å²) < 4.78 is 10.9. The molecule has 2 aromatic rings. The molecular weight excluding hydrogens is 553 g/mol. The van der Waals surface area contributed by atoms with E-state index in [1.807, 2.05) is 0 Å². The number of hydrogen-bond donors (Lipinski definition) is 3. The van der Waals surface area contributed by atoms with Crippen LogP contribution < -0.4 is 20.2 Å². The van der Waals surface area contributed by atoms with Crippen molar-refractivity contribution in [3.63, 3.8) is 0 Å². The zero-order chi connectivity index (χ0) is 25.4. The van der Waals surface area contributed by atoms with Crippen LogP contribution in [0.25, 0.3) is 0 Å². The molecule has 0 heterocycles. The number of carbonyl (C=O) groups is 3. The van der Waals surface area contributed by atoms with Gasteiger partial charge in [0.05, 0.1) is 28.4 Å². The average Bonchev–Trinajstić information content (AvgIpc) is 2.75. The standard InChI is InChI=1S/C22H22BrCl2N3O6/c1-11(2)19(27-21(31)14-5-4-13(24)8-16(14)25)22(32)28-26-9-12-6-15(23)20(17(7-12)33-3)34-10-18(29)30/h4-9,11,19H,10H2,1-3H3,(H,27,31)(H,28,32)(H,29,30)/b26-9+. The average molecular weight is 575 g/mol. The summed E-state index contributed by atoms with van der Waals surface area (Å²) in [7, 11) is 1.40. The number of benzene rings is 2. The summed E-state index contributed by atoms with van der Waals surface area (Å²) in [6, 6.07) is 6.73. The van der Waals surface area contributed by atoms with E-state index in [1.165, 1.54) is 31.5 Å². The molecule has 0 saturated carbocycles. The fourth-order valence-electron chi connectivity index (χ4n) is 2.76. The lowest BCUT2D eigenvalue weighted by Gasteiger charge is -2.20. The number of carboxylic acids is 1. The van der Waals surface area contributed by atoms with Crippen LogP contribution in [0, 0.1) is 5.92 Å². The van der Waals surface area contributed by atoms with E-state index in [-0.39, 0.29) is 28.0 Å². The Kier molecular flexibility index (Phi) is 10.2. The molecule has 0 aromatic heterocycles. The van der Waals surface area contributed by atoms with E-state index in [0.29, 0.717) is 15.1 Å². The normalized spacial score (nSPS) is 11.9. The molecule has 0 bridgehead atoms. The Hall–Kier alpha value is -2.82. The van der Waals surface area contributed by atoms with Gasteiger partial charge in [-0.1, -0.05) is 37.0 Å². The van der Waals surface area contributed by atoms with Crippen LogP contribution in [0.3, 0.4) is 0 Å². The second kappa shape index (κ2) is 12.6. The second-order valence-corrected chi connectivity index (χ2v) is 8.97. The van der Waals surface area contributed by atoms with E-state index in [2.05, 4.69) is 31.8 Å². The van der Waals surface area contributed by atoms with Crippen molar-refractivity contribution in [1.29, 1.82) is 0 Å². The van der Waals surface area contributed by atoms with Crippen LogP contribution in [0.4, 0.5) is 0 Å². The van der Waals surface area contributed by atoms with Crippen LogP contribution in [-0.2, 0) is 9.59 Å². The van der Waals surface area contributed by atoms with E-state index < -0.39 is 30.4 Å². The molecule has 0 fully saturated rings. The monoisotopic (exact) mass is 573 g/mol. The molecule has 34 heavy (non-hydrogen) atoms. The fraction of sp³-hybridized carbons (Fsp3) is 0.273. The molecular formula is C22H22BrCl2N3O6. The fourth-order valence-corrected chi connectivity index (χ4v) is 3.82. The zero-order valence-corrected chi connectivity index (χ0v) is 21.5. The molecule has 0 aliphatic carbocycles. The number of amides is 2. The largest absolute Gasteiger partial charge is 0.493 e. The van der Waals surface area contributed by atoms with Crippen molar-refractivity contribution in [3.8, 4) is 11.5 Å². The molecule has 9 nitrogen and oxygen atoms in total. The maximum atomic E-state index is 12.7. The highest BCUT2D eigenvalue weighted by atomic mass is 79.9. The third-order valence-electron chi connectivity index (χ3n) is 4.39. The number of carbonyl (C=O) groups excluding carboxylic acids is 2. The minimum atomic E-state index is -1.13. The number of carboxylic acid groups (broad SMARTS) is 1. The van der Waals surface area contributed by atoms with Gasteiger partial charge in [0, 0.05) is 5.02 Å². The van der Waals surface area contributed by atoms with E-state index in [1.54, 1.807) is 26.0 Å². The molecule has 0 saturated heterocycles. The third-order valence-corrected chi connectivity index (χ3v) is 5.53. The first-order valence-electron chi connectivity index (χ1n) is 9.84. The molecule has 0 radical (unpaired) electrons. The molecule has 0 spiro atoms. The number of methoxy groups -OCH3 is 1. The predicted octanol–water partition coefficient (Wildman–Crippen LogP) is 4.13. The highest BCUT2D eigenvalue weighted by Gasteiger charge is 2.25. The second-order valence-electron chi connectivity index (χ2n) is 7.27. The highest BCUT2D eigenvalue weighted by molar-refractivity contribution is 9.10. The lowest BCUT2D eigenvalue weighted by atomic mass is 10.0. The van der Waals surface area contributed by atoms with Gasteiger partial charge in [-0.3, -0.25) is 9.59 Å². The zero-order valence-electron chi connectivity index (χ0n) is 18.4. The van der Waals surface area contributed by atoms with E-state index in [4.69, 9.17) is 37.8 Å². The SMILES string of the molecule is COc1cc(/C=N/NC(=O)C(NC(=O)c2ccc(Cl)cc2Cl)C(C)C)cc(Br)c1OCC(=O)O. The van der Waals surface area contributed by atoms with Crippen molar-refractivity contribution >= 4 is 63.1 Å². The van der Waals surface area contributed by atoms with Crippen LogP contribution in [0.15, 0.2) is 39.9 Å². The minimum absolute atomic E-state index is 0.168. The summed E-state index contributed by atoms with van der Waals surface area (Å²) in [6.45, 7) is 3.01. The van der Waals surface area contributed by atoms with Gasteiger partial charge in [0.2, 0.25) is 0 Å². The Balaban J connectivity index is 2.11. The summed E-state index contributed by atoms with van der Waals surface area (Å²) in [5, 5.41) is 16.0. The van der Waals surface area contributed by atoms with Crippen LogP contribution in [0.5, 0.6) is 11.5 Å². The smallest absolute Gasteiger partial charge is 0.341 e. The summed E-state index contributed by atoms with van der Waals surface area (Å²) in [5.74, 6) is -1.94. The van der Waals surface area contributed by atoms with Crippen molar-refractivity contribution in [2.45, 2.75) is 19.9 Å². The summed E-state index contributed by atoms with van der Waals surface area (Å²) in [5.41, 5.74) is 3.12. The maximum absolute atomic E-state index is 12.7. The topological polar surface area (TPSA) is 126 Å². The molecule has 2 rings (SSSR count). The Morgan fingerprint density at radius 2 is 1.91 bits per heavy atom. The Bertz CT molecular complexity index is 1110. The Labute approximate surface area is 214 Å². The number of nitrogens with one attached hydrogen (secondary N) is 2. The van der Waals surface area contributed by atoms with Gasteiger partial charge in [0.15, 0.2) is 18.1 Å². The van der Waals surface area contributed by atoms with E-state index in [9.17, 15) is 14.4 Å². The molecule has 182 valence electrons. The molecule has 2 aromatic carbocycles. The summed E-state index contributed by atoms with van der Waals surface area (Å²) in [6.07, 6.45) is 1.36. The number of aliphatic carboxylic acids is 1. The first kappa shape index (κ1) is 27.4. The maximum Gasteiger partial charge on any atom is 0.341 e. The molecule has 1 unspecified atom stereocenters. The number of hydrogen-bond acceptors (Lipinski definition) is 6. The number of halogens is 3. The predicted molar refractivity (Wildman–Crippen MR) is 132 cm³/mol. The summed E-state index contributed by atoms with van der Waals surface area (Å²) >= 11 is 15.2. The van der Waals surface area contributed by atoms with E-state index in [0.717, 1.165) is 0 Å². The Morgan fingerprint density at radius 1 is 1.21 bits per heavy atom. The van der Waals surface area contributed by atoms with Crippen molar-refractivity contribution < 1.29 is 29.0 Å². The Morgan fingerprint density at radius 3 is 2.50 bits per heavy atom. The molecule has 1 atom stereocenters. The number of rotatable bonds is 10. The molecule has 3 N–H and O–H groups in total. The molecule has 12 heteroatoms. The van der Waals surface area contributed by atoms with Gasteiger partial charge in [-0.2, -0.15) is 5.10 Å². The van der Waals surface area contributed by atoms with Crippen LogP contribution in [0.1, 0.15) is 29.8 Å². The lowest BCUT2D eigenvalue weighted by molar-refractivity contribution is -0.139. The van der Waals surface area contributed by atoms with Gasteiger partial charge < -0.3 is 19.9 Å². The van der Waals surface area contributed by atoms with Crippen molar-refractivity contribution in [2.24, 2.45) is 11.0 Å². The van der Waals surface area contributed by atoms with Gasteiger partial charge in [-0.25, -0.2) is 10.2 Å². The summed E-state index contributed by atoms with van der Waals surface area (Å²) in [4.78, 5) is 36.0. The van der Waals surface area contributed by atoms with Gasteiger partial charge >= 0.3 is 5.97 Å². The number of nitrogens with zero attached hydrogens (tertiary/aromatic N) is 1. The first-order valence-corrected chi connectivity index (χ1v) is 11.4. The number of ether oxygens (including phenoxy) is 2. The van der Waals surface area contributed by atoms with E-state index >= 15 is 0 Å². The van der Waals surface area contributed by atoms with Crippen molar-refractivity contribution in [2.75, 3.05) is 13.7 Å². The number of hydrazone groups is 1. The van der Waals surface area contributed by atoms with Gasteiger partial charge in [0.1, 0.15) is 6.04 Å². The van der Waals surface area contributed by atoms with Crippen LogP contribution in [-0.4, -0.2) is 48.9 Å². The lowest BCUT2D eigenvalue weighted by Crippen LogP contribution is -2.48. The van der Waals surface area contributed by atoms with Crippen molar-refractivity contribution in [1.82, 2.24) is 10.7 Å². The van der Waals surface area contributed by atoms with Gasteiger partial charge in [-0.05, 0) is 57.7 Å². The quantitative estimate of drug-likeness (QED) is 0.289. The van der Waals surface area contributed by atoms with Gasteiger partial charge in [0.25, 0.3) is 11.8 Å². The highest BCUT2D eigenvalue weighted by Crippen LogP contribution is 2.36. The molecule has 0 aliphatic heterocycles. The van der Waals surface area contributed by atoms with Gasteiger partial charge in [-0.15, -0.1) is 0 Å². The van der Waals surface area contributed by atoms with Crippen LogP contribution >= 0.6 is 39.1 Å². The van der Waals surface area contributed by atoms with Crippen LogP contribution in [0.2, 0.25) is 10.0 Å². The first-order chi connectivity index (χ1) is 16.0. The molecule has 2 amide bonds. The third kappa shape index (κ3) is 7.61. The minimum Gasteiger partial charge on any atom is -0.493 e.